The average molecular weight is 315 g/mol. The van der Waals surface area contributed by atoms with Gasteiger partial charge >= 0.3 is 0 Å². The van der Waals surface area contributed by atoms with E-state index >= 15 is 0 Å². The number of alkyl halides is 1. The molecule has 1 heterocycles. The third-order valence-electron chi connectivity index (χ3n) is 5.29. The first-order valence-corrected chi connectivity index (χ1v) is 8.66. The Hall–Kier alpha value is -1.39. The van der Waals surface area contributed by atoms with Crippen LogP contribution in [0.25, 0.3) is 6.08 Å². The first kappa shape index (κ1) is 15.2. The summed E-state index contributed by atoms with van der Waals surface area (Å²) in [5, 5.41) is 0. The van der Waals surface area contributed by atoms with Crippen molar-refractivity contribution >= 4 is 6.08 Å². The van der Waals surface area contributed by atoms with Gasteiger partial charge in [-0.05, 0) is 67.4 Å². The van der Waals surface area contributed by atoms with Crippen LogP contribution in [0.2, 0.25) is 0 Å². The fourth-order valence-electron chi connectivity index (χ4n) is 4.18. The van der Waals surface area contributed by atoms with E-state index in [1.54, 1.807) is 13.8 Å². The van der Waals surface area contributed by atoms with Gasteiger partial charge in [-0.3, -0.25) is 0 Å². The highest BCUT2D eigenvalue weighted by molar-refractivity contribution is 5.64. The van der Waals surface area contributed by atoms with Gasteiger partial charge in [0.1, 0.15) is 5.67 Å². The van der Waals surface area contributed by atoms with E-state index < -0.39 is 5.67 Å². The van der Waals surface area contributed by atoms with E-state index in [-0.39, 0.29) is 12.1 Å². The van der Waals surface area contributed by atoms with Gasteiger partial charge < -0.3 is 16.4 Å². The summed E-state index contributed by atoms with van der Waals surface area (Å²) < 4.78 is 14.3. The largest absolute Gasteiger partial charge is 0.367 e. The maximum absolute atomic E-state index is 14.3. The van der Waals surface area contributed by atoms with Crippen molar-refractivity contribution in [3.8, 4) is 0 Å². The molecule has 1 aromatic carbocycles. The molecule has 3 nitrogen and oxygen atoms in total. The van der Waals surface area contributed by atoms with Crippen molar-refractivity contribution in [2.24, 2.45) is 17.4 Å². The van der Waals surface area contributed by atoms with Gasteiger partial charge in [-0.15, -0.1) is 0 Å². The Kier molecular flexibility index (Phi) is 3.33. The Morgan fingerprint density at radius 1 is 1.22 bits per heavy atom. The Bertz CT molecular complexity index is 670. The number of fused-ring (bicyclic) bond motifs is 3. The van der Waals surface area contributed by atoms with Gasteiger partial charge in [0.05, 0.1) is 6.54 Å². The summed E-state index contributed by atoms with van der Waals surface area (Å²) in [6, 6.07) is 4.35. The minimum absolute atomic E-state index is 0.00561. The molecule has 2 atom stereocenters. The summed E-state index contributed by atoms with van der Waals surface area (Å²) in [4.78, 5) is 2.23. The predicted molar refractivity (Wildman–Crippen MR) is 91.2 cm³/mol. The lowest BCUT2D eigenvalue weighted by Gasteiger charge is -2.36. The minimum atomic E-state index is -1.21. The second kappa shape index (κ2) is 5.05. The van der Waals surface area contributed by atoms with Crippen LogP contribution in [0.15, 0.2) is 17.8 Å². The summed E-state index contributed by atoms with van der Waals surface area (Å²) in [5.41, 5.74) is 17.6. The Morgan fingerprint density at radius 3 is 2.61 bits per heavy atom. The molecule has 0 radical (unpaired) electrons. The number of rotatable bonds is 3. The molecule has 3 aliphatic rings. The molecule has 4 heteroatoms. The van der Waals surface area contributed by atoms with E-state index in [9.17, 15) is 4.39 Å². The second-order valence-corrected chi connectivity index (χ2v) is 8.00. The molecule has 0 saturated heterocycles. The molecule has 1 aromatic rings. The Balaban J connectivity index is 1.78. The third kappa shape index (κ3) is 2.68. The van der Waals surface area contributed by atoms with Crippen molar-refractivity contribution < 1.29 is 4.39 Å². The molecule has 1 fully saturated rings. The summed E-state index contributed by atoms with van der Waals surface area (Å²) in [6.07, 6.45) is 5.51. The highest BCUT2D eigenvalue weighted by Crippen LogP contribution is 2.46. The highest BCUT2D eigenvalue weighted by atomic mass is 19.1. The minimum Gasteiger partial charge on any atom is -0.367 e. The molecule has 0 amide bonds. The normalized spacial score (nSPS) is 26.8. The molecule has 0 spiro atoms. The molecular formula is C19H26FN3. The molecule has 0 bridgehead atoms. The summed E-state index contributed by atoms with van der Waals surface area (Å²) in [7, 11) is 0. The molecule has 23 heavy (non-hydrogen) atoms. The monoisotopic (exact) mass is 315 g/mol. The van der Waals surface area contributed by atoms with E-state index in [2.05, 4.69) is 23.1 Å². The number of halogens is 1. The lowest BCUT2D eigenvalue weighted by Crippen LogP contribution is -2.37. The first-order chi connectivity index (χ1) is 10.8. The van der Waals surface area contributed by atoms with Gasteiger partial charge in [0.2, 0.25) is 0 Å². The number of hydrogen-bond donors (Lipinski definition) is 2. The SMILES string of the molecule is CC(C)(F)CN1Cc2c(ccc3c2C(N)CC3N)C=C1C1CC1. The Labute approximate surface area is 137 Å². The lowest BCUT2D eigenvalue weighted by atomic mass is 9.90. The van der Waals surface area contributed by atoms with Crippen LogP contribution in [-0.2, 0) is 6.54 Å². The standard InChI is InChI=1S/C19H26FN3/c1-19(2,20)10-23-9-14-12(7-17(23)11-3-4-11)5-6-13-15(21)8-16(22)18(13)14/h5-7,11,15-16H,3-4,8-10,21-22H2,1-2H3. The van der Waals surface area contributed by atoms with Crippen LogP contribution in [0.1, 0.15) is 67.4 Å². The van der Waals surface area contributed by atoms with Crippen LogP contribution < -0.4 is 11.5 Å². The summed E-state index contributed by atoms with van der Waals surface area (Å²) in [5.74, 6) is 0.606. The van der Waals surface area contributed by atoms with E-state index in [1.807, 2.05) is 0 Å². The topological polar surface area (TPSA) is 55.3 Å². The lowest BCUT2D eigenvalue weighted by molar-refractivity contribution is 0.139. The molecular weight excluding hydrogens is 289 g/mol. The molecule has 4 N–H and O–H groups in total. The number of allylic oxidation sites excluding steroid dienone is 1. The van der Waals surface area contributed by atoms with Crippen LogP contribution in [0.3, 0.4) is 0 Å². The van der Waals surface area contributed by atoms with Gasteiger partial charge in [0, 0.05) is 24.3 Å². The summed E-state index contributed by atoms with van der Waals surface area (Å²) >= 11 is 0. The maximum Gasteiger partial charge on any atom is 0.122 e. The first-order valence-electron chi connectivity index (χ1n) is 8.66. The van der Waals surface area contributed by atoms with E-state index in [0.717, 1.165) is 13.0 Å². The molecule has 1 saturated carbocycles. The second-order valence-electron chi connectivity index (χ2n) is 8.00. The van der Waals surface area contributed by atoms with E-state index in [0.29, 0.717) is 12.5 Å². The number of benzene rings is 1. The van der Waals surface area contributed by atoms with Crippen molar-refractivity contribution in [2.45, 2.75) is 57.4 Å². The van der Waals surface area contributed by atoms with Crippen LogP contribution in [0.4, 0.5) is 4.39 Å². The van der Waals surface area contributed by atoms with Gasteiger partial charge in [0.15, 0.2) is 0 Å². The maximum atomic E-state index is 14.3. The van der Waals surface area contributed by atoms with Crippen molar-refractivity contribution in [2.75, 3.05) is 6.54 Å². The molecule has 0 aromatic heterocycles. The van der Waals surface area contributed by atoms with Crippen molar-refractivity contribution in [1.82, 2.24) is 4.90 Å². The molecule has 1 aliphatic heterocycles. The van der Waals surface area contributed by atoms with Crippen LogP contribution in [0.5, 0.6) is 0 Å². The van der Waals surface area contributed by atoms with Gasteiger partial charge in [0.25, 0.3) is 0 Å². The smallest absolute Gasteiger partial charge is 0.122 e. The number of nitrogens with two attached hydrogens (primary N) is 2. The molecule has 124 valence electrons. The fraction of sp³-hybridized carbons (Fsp3) is 0.579. The van der Waals surface area contributed by atoms with Crippen molar-refractivity contribution in [1.29, 1.82) is 0 Å². The quantitative estimate of drug-likeness (QED) is 0.899. The zero-order chi connectivity index (χ0) is 16.4. The average Bonchev–Trinajstić information content (AvgIpc) is 3.23. The van der Waals surface area contributed by atoms with Crippen molar-refractivity contribution in [3.63, 3.8) is 0 Å². The third-order valence-corrected chi connectivity index (χ3v) is 5.29. The number of nitrogens with zero attached hydrogens (tertiary/aromatic N) is 1. The number of hydrogen-bond acceptors (Lipinski definition) is 3. The summed E-state index contributed by atoms with van der Waals surface area (Å²) in [6.45, 7) is 4.50. The Morgan fingerprint density at radius 2 is 1.96 bits per heavy atom. The van der Waals surface area contributed by atoms with Gasteiger partial charge in [-0.25, -0.2) is 4.39 Å². The molecule has 4 rings (SSSR count). The fourth-order valence-corrected chi connectivity index (χ4v) is 4.18. The van der Waals surface area contributed by atoms with Crippen LogP contribution in [0, 0.1) is 5.92 Å². The zero-order valence-corrected chi connectivity index (χ0v) is 14.0. The van der Waals surface area contributed by atoms with Crippen molar-refractivity contribution in [3.05, 3.63) is 40.1 Å². The van der Waals surface area contributed by atoms with Gasteiger partial charge in [-0.2, -0.15) is 0 Å². The van der Waals surface area contributed by atoms with Gasteiger partial charge in [-0.1, -0.05) is 12.1 Å². The van der Waals surface area contributed by atoms with Crippen LogP contribution >= 0.6 is 0 Å². The zero-order valence-electron chi connectivity index (χ0n) is 14.0. The predicted octanol–water partition coefficient (Wildman–Crippen LogP) is 3.40. The van der Waals surface area contributed by atoms with Crippen LogP contribution in [-0.4, -0.2) is 17.1 Å². The van der Waals surface area contributed by atoms with E-state index in [4.69, 9.17) is 11.5 Å². The highest BCUT2D eigenvalue weighted by Gasteiger charge is 2.37. The molecule has 2 unspecified atom stereocenters. The van der Waals surface area contributed by atoms with E-state index in [1.165, 1.54) is 40.8 Å². The molecule has 2 aliphatic carbocycles.